The van der Waals surface area contributed by atoms with Crippen molar-refractivity contribution in [3.63, 3.8) is 0 Å². The van der Waals surface area contributed by atoms with E-state index in [0.29, 0.717) is 12.1 Å². The fraction of sp³-hybridized carbons (Fsp3) is 0.160. The Morgan fingerprint density at radius 2 is 1.32 bits per heavy atom. The Morgan fingerprint density at radius 3 is 1.84 bits per heavy atom. The van der Waals surface area contributed by atoms with Gasteiger partial charge in [-0.1, -0.05) is 73.7 Å². The van der Waals surface area contributed by atoms with Crippen LogP contribution in [0.3, 0.4) is 0 Å². The zero-order chi connectivity index (χ0) is 22.2. The molecule has 0 unspecified atom stereocenters. The average molecular weight is 432 g/mol. The van der Waals surface area contributed by atoms with Gasteiger partial charge >= 0.3 is 0 Å². The first-order valence-electron chi connectivity index (χ1n) is 10.1. The van der Waals surface area contributed by atoms with Crippen LogP contribution in [0.4, 0.5) is 11.4 Å². The van der Waals surface area contributed by atoms with Gasteiger partial charge in [0.05, 0.1) is 5.92 Å². The second-order valence-corrected chi connectivity index (χ2v) is 7.49. The minimum Gasteiger partial charge on any atom is -0.332 e. The molecule has 3 rings (SSSR count). The maximum Gasteiger partial charge on any atom is 0.238 e. The van der Waals surface area contributed by atoms with Crippen molar-refractivity contribution in [1.82, 2.24) is 5.32 Å². The van der Waals surface area contributed by atoms with Gasteiger partial charge in [-0.3, -0.25) is 9.59 Å². The number of thiocarbonyl (C=S) groups is 1. The van der Waals surface area contributed by atoms with E-state index in [1.807, 2.05) is 85.8 Å². The first kappa shape index (κ1) is 22.2. The number of amides is 2. The highest BCUT2D eigenvalue weighted by atomic mass is 32.1. The van der Waals surface area contributed by atoms with Crippen molar-refractivity contribution in [2.45, 2.75) is 26.2 Å². The molecule has 0 aliphatic rings. The maximum atomic E-state index is 13.2. The summed E-state index contributed by atoms with van der Waals surface area (Å²) in [5, 5.41) is 8.96. The van der Waals surface area contributed by atoms with Crippen LogP contribution in [0.25, 0.3) is 0 Å². The van der Waals surface area contributed by atoms with Crippen molar-refractivity contribution in [1.29, 1.82) is 0 Å². The van der Waals surface area contributed by atoms with Gasteiger partial charge < -0.3 is 16.0 Å². The lowest BCUT2D eigenvalue weighted by molar-refractivity contribution is -0.120. The van der Waals surface area contributed by atoms with E-state index < -0.39 is 5.92 Å². The van der Waals surface area contributed by atoms with Gasteiger partial charge in [0.25, 0.3) is 0 Å². The summed E-state index contributed by atoms with van der Waals surface area (Å²) in [6.45, 7) is 3.68. The van der Waals surface area contributed by atoms with Gasteiger partial charge in [-0.15, -0.1) is 0 Å². The van der Waals surface area contributed by atoms with Crippen molar-refractivity contribution >= 4 is 40.5 Å². The Kier molecular flexibility index (Phi) is 7.51. The van der Waals surface area contributed by atoms with E-state index in [1.54, 1.807) is 6.92 Å². The SMILES string of the molecule is CCC(=O)Nc1cccc(NC(=S)NC(=O)C(c2ccccc2)c2ccccc2)c1C. The van der Waals surface area contributed by atoms with Crippen LogP contribution in [0.15, 0.2) is 78.9 Å². The average Bonchev–Trinajstić information content (AvgIpc) is 2.78. The van der Waals surface area contributed by atoms with Crippen LogP contribution in [0, 0.1) is 6.92 Å². The highest BCUT2D eigenvalue weighted by molar-refractivity contribution is 7.80. The molecule has 0 saturated heterocycles. The third-order valence-corrected chi connectivity index (χ3v) is 5.15. The summed E-state index contributed by atoms with van der Waals surface area (Å²) < 4.78 is 0. The first-order valence-corrected chi connectivity index (χ1v) is 10.5. The lowest BCUT2D eigenvalue weighted by atomic mass is 9.90. The number of carbonyl (C=O) groups is 2. The molecule has 0 atom stereocenters. The van der Waals surface area contributed by atoms with Gasteiger partial charge in [-0.05, 0) is 48.0 Å². The van der Waals surface area contributed by atoms with Gasteiger partial charge in [0.15, 0.2) is 5.11 Å². The van der Waals surface area contributed by atoms with Crippen molar-refractivity contribution in [2.24, 2.45) is 0 Å². The summed E-state index contributed by atoms with van der Waals surface area (Å²) >= 11 is 5.41. The van der Waals surface area contributed by atoms with Crippen LogP contribution < -0.4 is 16.0 Å². The number of benzene rings is 3. The summed E-state index contributed by atoms with van der Waals surface area (Å²) in [6, 6.07) is 24.7. The second-order valence-electron chi connectivity index (χ2n) is 7.08. The molecule has 0 saturated carbocycles. The Balaban J connectivity index is 1.77. The van der Waals surface area contributed by atoms with Gasteiger partial charge in [0.2, 0.25) is 11.8 Å². The van der Waals surface area contributed by atoms with Crippen molar-refractivity contribution < 1.29 is 9.59 Å². The van der Waals surface area contributed by atoms with E-state index in [0.717, 1.165) is 22.4 Å². The molecular weight excluding hydrogens is 406 g/mol. The standard InChI is InChI=1S/C25H25N3O2S/c1-3-22(29)26-20-15-10-16-21(17(20)2)27-25(31)28-24(30)23(18-11-6-4-7-12-18)19-13-8-5-9-14-19/h4-16,23H,3H2,1-2H3,(H,26,29)(H2,27,28,30,31). The molecule has 0 heterocycles. The van der Waals surface area contributed by atoms with E-state index >= 15 is 0 Å². The van der Waals surface area contributed by atoms with Gasteiger partial charge in [0.1, 0.15) is 0 Å². The first-order chi connectivity index (χ1) is 15.0. The molecule has 0 spiro atoms. The molecule has 0 radical (unpaired) electrons. The second kappa shape index (κ2) is 10.5. The van der Waals surface area contributed by atoms with E-state index in [-0.39, 0.29) is 16.9 Å². The molecule has 6 heteroatoms. The monoisotopic (exact) mass is 431 g/mol. The third kappa shape index (κ3) is 5.77. The van der Waals surface area contributed by atoms with Crippen molar-refractivity contribution in [3.8, 4) is 0 Å². The molecule has 31 heavy (non-hydrogen) atoms. The number of nitrogens with one attached hydrogen (secondary N) is 3. The number of hydrogen-bond acceptors (Lipinski definition) is 3. The molecule has 2 amide bonds. The zero-order valence-electron chi connectivity index (χ0n) is 17.5. The predicted octanol–water partition coefficient (Wildman–Crippen LogP) is 4.99. The van der Waals surface area contributed by atoms with Crippen LogP contribution >= 0.6 is 12.2 Å². The minimum absolute atomic E-state index is 0.0651. The molecule has 5 nitrogen and oxygen atoms in total. The number of rotatable bonds is 6. The molecule has 3 N–H and O–H groups in total. The summed E-state index contributed by atoms with van der Waals surface area (Å²) in [6.07, 6.45) is 0.395. The van der Waals surface area contributed by atoms with Crippen LogP contribution in [-0.2, 0) is 9.59 Å². The van der Waals surface area contributed by atoms with E-state index in [9.17, 15) is 9.59 Å². The summed E-state index contributed by atoms with van der Waals surface area (Å²) in [5.41, 5.74) is 4.03. The minimum atomic E-state index is -0.488. The van der Waals surface area contributed by atoms with Gasteiger partial charge in [0, 0.05) is 17.8 Å². The lowest BCUT2D eigenvalue weighted by Crippen LogP contribution is -2.38. The van der Waals surface area contributed by atoms with Crippen LogP contribution in [0.2, 0.25) is 0 Å². The molecule has 0 aliphatic carbocycles. The molecule has 0 aliphatic heterocycles. The summed E-state index contributed by atoms with van der Waals surface area (Å²) in [7, 11) is 0. The number of carbonyl (C=O) groups excluding carboxylic acids is 2. The molecule has 3 aromatic carbocycles. The Morgan fingerprint density at radius 1 is 0.806 bits per heavy atom. The predicted molar refractivity (Wildman–Crippen MR) is 129 cm³/mol. The fourth-order valence-electron chi connectivity index (χ4n) is 3.27. The topological polar surface area (TPSA) is 70.2 Å². The van der Waals surface area contributed by atoms with Crippen LogP contribution in [0.5, 0.6) is 0 Å². The van der Waals surface area contributed by atoms with E-state index in [2.05, 4.69) is 16.0 Å². The molecule has 0 fully saturated rings. The Hall–Kier alpha value is -3.51. The quantitative estimate of drug-likeness (QED) is 0.481. The van der Waals surface area contributed by atoms with Crippen LogP contribution in [-0.4, -0.2) is 16.9 Å². The molecular formula is C25H25N3O2S. The number of anilines is 2. The highest BCUT2D eigenvalue weighted by Gasteiger charge is 2.23. The van der Waals surface area contributed by atoms with Crippen molar-refractivity contribution in [2.75, 3.05) is 10.6 Å². The van der Waals surface area contributed by atoms with E-state index in [4.69, 9.17) is 12.2 Å². The molecule has 158 valence electrons. The van der Waals surface area contributed by atoms with E-state index in [1.165, 1.54) is 0 Å². The zero-order valence-corrected chi connectivity index (χ0v) is 18.3. The Bertz CT molecular complexity index is 1030. The largest absolute Gasteiger partial charge is 0.332 e. The normalized spacial score (nSPS) is 10.4. The Labute approximate surface area is 187 Å². The van der Waals surface area contributed by atoms with Crippen LogP contribution in [0.1, 0.15) is 36.0 Å². The lowest BCUT2D eigenvalue weighted by Gasteiger charge is -2.19. The maximum absolute atomic E-state index is 13.2. The smallest absolute Gasteiger partial charge is 0.238 e. The van der Waals surface area contributed by atoms with Gasteiger partial charge in [-0.25, -0.2) is 0 Å². The number of hydrogen-bond donors (Lipinski definition) is 3. The molecule has 0 bridgehead atoms. The van der Waals surface area contributed by atoms with Crippen molar-refractivity contribution in [3.05, 3.63) is 95.6 Å². The highest BCUT2D eigenvalue weighted by Crippen LogP contribution is 2.26. The summed E-state index contributed by atoms with van der Waals surface area (Å²) in [4.78, 5) is 24.9. The molecule has 0 aromatic heterocycles. The summed E-state index contributed by atoms with van der Waals surface area (Å²) in [5.74, 6) is -0.772. The van der Waals surface area contributed by atoms with Gasteiger partial charge in [-0.2, -0.15) is 0 Å². The third-order valence-electron chi connectivity index (χ3n) is 4.94. The fourth-order valence-corrected chi connectivity index (χ4v) is 3.48. The molecule has 3 aromatic rings.